The molecule has 0 atom stereocenters. The molecule has 2 heterocycles. The first-order valence-electron chi connectivity index (χ1n) is 6.46. The number of nitrogens with zero attached hydrogens (tertiary/aromatic N) is 2. The van der Waals surface area contributed by atoms with Crippen LogP contribution in [0.5, 0.6) is 0 Å². The van der Waals surface area contributed by atoms with Crippen molar-refractivity contribution in [1.29, 1.82) is 0 Å². The second-order valence-electron chi connectivity index (χ2n) is 4.53. The summed E-state index contributed by atoms with van der Waals surface area (Å²) in [7, 11) is 1.65. The molecule has 5 nitrogen and oxygen atoms in total. The molecule has 0 amide bonds. The van der Waals surface area contributed by atoms with E-state index in [0.29, 0.717) is 30.0 Å². The van der Waals surface area contributed by atoms with Crippen LogP contribution in [0.15, 0.2) is 39.7 Å². The molecule has 0 unspecified atom stereocenters. The van der Waals surface area contributed by atoms with Gasteiger partial charge in [-0.2, -0.15) is 0 Å². The fraction of sp³-hybridized carbons (Fsp3) is 0.267. The Morgan fingerprint density at radius 1 is 1.25 bits per heavy atom. The Balaban J connectivity index is 2.12. The maximum atomic E-state index is 12.0. The summed E-state index contributed by atoms with van der Waals surface area (Å²) in [6, 6.07) is 7.39. The lowest BCUT2D eigenvalue weighted by Gasteiger charge is -2.03. The minimum absolute atomic E-state index is 0.339. The van der Waals surface area contributed by atoms with E-state index in [1.54, 1.807) is 19.4 Å². The SMILES string of the molecule is COCCCc1ncc2c(n1)c(=O)oc1ccccc12. The van der Waals surface area contributed by atoms with Gasteiger partial charge in [0.2, 0.25) is 0 Å². The number of aromatic nitrogens is 2. The highest BCUT2D eigenvalue weighted by atomic mass is 16.5. The quantitative estimate of drug-likeness (QED) is 0.413. The second-order valence-corrected chi connectivity index (χ2v) is 4.53. The lowest BCUT2D eigenvalue weighted by atomic mass is 10.1. The van der Waals surface area contributed by atoms with Gasteiger partial charge in [0.1, 0.15) is 11.4 Å². The van der Waals surface area contributed by atoms with Crippen molar-refractivity contribution < 1.29 is 9.15 Å². The van der Waals surface area contributed by atoms with Crippen LogP contribution < -0.4 is 5.63 Å². The molecule has 0 spiro atoms. The molecule has 20 heavy (non-hydrogen) atoms. The Hall–Kier alpha value is -2.27. The summed E-state index contributed by atoms with van der Waals surface area (Å²) in [6.45, 7) is 0.647. The van der Waals surface area contributed by atoms with Crippen LogP contribution in [0.1, 0.15) is 12.2 Å². The zero-order valence-corrected chi connectivity index (χ0v) is 11.1. The standard InChI is InChI=1S/C15H14N2O3/c1-19-8-4-7-13-16-9-11-10-5-2-3-6-12(10)20-15(18)14(11)17-13/h2-3,5-6,9H,4,7-8H2,1H3. The van der Waals surface area contributed by atoms with Gasteiger partial charge in [-0.1, -0.05) is 18.2 Å². The Kier molecular flexibility index (Phi) is 3.43. The van der Waals surface area contributed by atoms with Crippen molar-refractivity contribution in [3.63, 3.8) is 0 Å². The summed E-state index contributed by atoms with van der Waals surface area (Å²) in [5.41, 5.74) is 0.473. The number of ether oxygens (including phenoxy) is 1. The van der Waals surface area contributed by atoms with Crippen molar-refractivity contribution >= 4 is 21.9 Å². The van der Waals surface area contributed by atoms with E-state index in [4.69, 9.17) is 9.15 Å². The summed E-state index contributed by atoms with van der Waals surface area (Å²) in [6.07, 6.45) is 3.20. The number of benzene rings is 1. The Labute approximate surface area is 115 Å². The predicted molar refractivity (Wildman–Crippen MR) is 75.8 cm³/mol. The Bertz CT molecular complexity index is 811. The predicted octanol–water partition coefficient (Wildman–Crippen LogP) is 2.32. The number of methoxy groups -OCH3 is 1. The number of aryl methyl sites for hydroxylation is 1. The molecule has 0 radical (unpaired) electrons. The highest BCUT2D eigenvalue weighted by Crippen LogP contribution is 2.20. The number of fused-ring (bicyclic) bond motifs is 3. The van der Waals surface area contributed by atoms with Crippen LogP contribution in [-0.2, 0) is 11.2 Å². The number of hydrogen-bond acceptors (Lipinski definition) is 5. The lowest BCUT2D eigenvalue weighted by molar-refractivity contribution is 0.194. The zero-order chi connectivity index (χ0) is 13.9. The largest absolute Gasteiger partial charge is 0.421 e. The molecular weight excluding hydrogens is 256 g/mol. The smallest absolute Gasteiger partial charge is 0.363 e. The minimum atomic E-state index is -0.422. The molecule has 102 valence electrons. The van der Waals surface area contributed by atoms with E-state index < -0.39 is 5.63 Å². The first-order valence-corrected chi connectivity index (χ1v) is 6.46. The molecule has 3 aromatic rings. The van der Waals surface area contributed by atoms with Gasteiger partial charge in [0.05, 0.1) is 0 Å². The fourth-order valence-corrected chi connectivity index (χ4v) is 2.19. The second kappa shape index (κ2) is 5.38. The third-order valence-electron chi connectivity index (χ3n) is 3.16. The summed E-state index contributed by atoms with van der Waals surface area (Å²) >= 11 is 0. The topological polar surface area (TPSA) is 65.2 Å². The van der Waals surface area contributed by atoms with Gasteiger partial charge in [-0.3, -0.25) is 0 Å². The van der Waals surface area contributed by atoms with E-state index in [1.807, 2.05) is 18.2 Å². The summed E-state index contributed by atoms with van der Waals surface area (Å²) < 4.78 is 10.3. The van der Waals surface area contributed by atoms with E-state index >= 15 is 0 Å². The fourth-order valence-electron chi connectivity index (χ4n) is 2.19. The molecular formula is C15H14N2O3. The van der Waals surface area contributed by atoms with Crippen molar-refractivity contribution in [1.82, 2.24) is 9.97 Å². The lowest BCUT2D eigenvalue weighted by Crippen LogP contribution is -2.06. The summed E-state index contributed by atoms with van der Waals surface area (Å²) in [5, 5.41) is 1.58. The van der Waals surface area contributed by atoms with Gasteiger partial charge in [-0.05, 0) is 12.5 Å². The molecule has 0 fully saturated rings. The van der Waals surface area contributed by atoms with Gasteiger partial charge in [0, 0.05) is 37.1 Å². The number of hydrogen-bond donors (Lipinski definition) is 0. The number of rotatable bonds is 4. The first kappa shape index (κ1) is 12.7. The van der Waals surface area contributed by atoms with Crippen molar-refractivity contribution in [2.75, 3.05) is 13.7 Å². The highest BCUT2D eigenvalue weighted by molar-refractivity contribution is 6.02. The zero-order valence-electron chi connectivity index (χ0n) is 11.1. The van der Waals surface area contributed by atoms with Gasteiger partial charge in [-0.15, -0.1) is 0 Å². The van der Waals surface area contributed by atoms with Crippen LogP contribution in [0.2, 0.25) is 0 Å². The van der Waals surface area contributed by atoms with Crippen molar-refractivity contribution in [3.8, 4) is 0 Å². The monoisotopic (exact) mass is 270 g/mol. The average molecular weight is 270 g/mol. The van der Waals surface area contributed by atoms with Crippen LogP contribution in [0, 0.1) is 0 Å². The summed E-state index contributed by atoms with van der Waals surface area (Å²) in [5.74, 6) is 0.636. The molecule has 0 saturated heterocycles. The first-order chi connectivity index (χ1) is 9.79. The molecule has 0 aliphatic rings. The van der Waals surface area contributed by atoms with E-state index in [0.717, 1.165) is 17.2 Å². The molecule has 5 heteroatoms. The highest BCUT2D eigenvalue weighted by Gasteiger charge is 2.09. The van der Waals surface area contributed by atoms with E-state index in [9.17, 15) is 4.79 Å². The maximum Gasteiger partial charge on any atom is 0.363 e. The molecule has 0 bridgehead atoms. The van der Waals surface area contributed by atoms with Crippen molar-refractivity contribution in [3.05, 3.63) is 46.7 Å². The van der Waals surface area contributed by atoms with Gasteiger partial charge in [0.15, 0.2) is 5.52 Å². The van der Waals surface area contributed by atoms with E-state index in [2.05, 4.69) is 9.97 Å². The molecule has 3 rings (SSSR count). The van der Waals surface area contributed by atoms with Crippen LogP contribution >= 0.6 is 0 Å². The molecule has 0 saturated carbocycles. The third-order valence-corrected chi connectivity index (χ3v) is 3.16. The molecule has 0 aliphatic carbocycles. The third kappa shape index (κ3) is 2.28. The van der Waals surface area contributed by atoms with Crippen LogP contribution in [0.3, 0.4) is 0 Å². The van der Waals surface area contributed by atoms with E-state index in [1.165, 1.54) is 0 Å². The molecule has 0 aliphatic heterocycles. The maximum absolute atomic E-state index is 12.0. The van der Waals surface area contributed by atoms with Crippen LogP contribution in [0.25, 0.3) is 21.9 Å². The van der Waals surface area contributed by atoms with Crippen molar-refractivity contribution in [2.24, 2.45) is 0 Å². The summed E-state index contributed by atoms with van der Waals surface area (Å²) in [4.78, 5) is 20.6. The molecule has 2 aromatic heterocycles. The van der Waals surface area contributed by atoms with Crippen LogP contribution in [0.4, 0.5) is 0 Å². The Morgan fingerprint density at radius 2 is 2.10 bits per heavy atom. The average Bonchev–Trinajstić information content (AvgIpc) is 2.48. The molecule has 0 N–H and O–H groups in total. The Morgan fingerprint density at radius 3 is 2.95 bits per heavy atom. The normalized spacial score (nSPS) is 11.2. The molecule has 1 aromatic carbocycles. The minimum Gasteiger partial charge on any atom is -0.421 e. The van der Waals surface area contributed by atoms with Crippen LogP contribution in [-0.4, -0.2) is 23.7 Å². The van der Waals surface area contributed by atoms with Gasteiger partial charge >= 0.3 is 5.63 Å². The van der Waals surface area contributed by atoms with Gasteiger partial charge in [-0.25, -0.2) is 14.8 Å². The van der Waals surface area contributed by atoms with Crippen molar-refractivity contribution in [2.45, 2.75) is 12.8 Å². The number of para-hydroxylation sites is 1. The van der Waals surface area contributed by atoms with Gasteiger partial charge in [0.25, 0.3) is 0 Å². The van der Waals surface area contributed by atoms with Gasteiger partial charge < -0.3 is 9.15 Å². The van der Waals surface area contributed by atoms with E-state index in [-0.39, 0.29) is 0 Å².